The number of likely N-dealkylation sites (tertiary alicyclic amines) is 1. The predicted molar refractivity (Wildman–Crippen MR) is 110 cm³/mol. The molecule has 2 aliphatic heterocycles. The van der Waals surface area contributed by atoms with Crippen LogP contribution in [0.15, 0.2) is 36.7 Å². The lowest BCUT2D eigenvalue weighted by Crippen LogP contribution is -2.55. The fourth-order valence-electron chi connectivity index (χ4n) is 4.19. The van der Waals surface area contributed by atoms with E-state index in [1.165, 1.54) is 12.1 Å². The number of halogens is 1. The molecule has 4 rings (SSSR count). The highest BCUT2D eigenvalue weighted by atomic mass is 19.1. The van der Waals surface area contributed by atoms with Crippen LogP contribution < -0.4 is 4.74 Å². The largest absolute Gasteiger partial charge is 0.491 e. The number of nitrogens with zero attached hydrogens (tertiary/aromatic N) is 4. The summed E-state index contributed by atoms with van der Waals surface area (Å²) < 4.78 is 26.6. The van der Waals surface area contributed by atoms with Crippen LogP contribution in [0, 0.1) is 5.82 Å². The number of benzene rings is 1. The number of carbonyl (C=O) groups is 1. The second-order valence-electron chi connectivity index (χ2n) is 7.88. The van der Waals surface area contributed by atoms with Crippen molar-refractivity contribution in [3.8, 4) is 5.75 Å². The van der Waals surface area contributed by atoms with Crippen LogP contribution in [0.4, 0.5) is 4.39 Å². The van der Waals surface area contributed by atoms with Gasteiger partial charge in [-0.1, -0.05) is 0 Å². The molecule has 1 aromatic carbocycles. The normalized spacial score (nSPS) is 21.2. The Morgan fingerprint density at radius 2 is 2.00 bits per heavy atom. The number of carbonyl (C=O) groups excluding carboxylic acids is 1. The number of hydrogen-bond donors (Lipinski definition) is 0. The zero-order chi connectivity index (χ0) is 20.9. The number of amides is 1. The first-order valence-corrected chi connectivity index (χ1v) is 10.6. The molecule has 3 heterocycles. The van der Waals surface area contributed by atoms with Crippen molar-refractivity contribution in [1.82, 2.24) is 19.4 Å². The van der Waals surface area contributed by atoms with Crippen molar-refractivity contribution in [2.45, 2.75) is 45.0 Å². The second kappa shape index (κ2) is 9.57. The molecular weight excluding hydrogens is 387 g/mol. The summed E-state index contributed by atoms with van der Waals surface area (Å²) >= 11 is 0. The van der Waals surface area contributed by atoms with Gasteiger partial charge in [0, 0.05) is 38.1 Å². The van der Waals surface area contributed by atoms with Crippen LogP contribution in [-0.2, 0) is 22.6 Å². The van der Waals surface area contributed by atoms with Crippen molar-refractivity contribution in [1.29, 1.82) is 0 Å². The summed E-state index contributed by atoms with van der Waals surface area (Å²) in [6.45, 7) is 6.75. The molecular formula is C22H29FN4O3. The van der Waals surface area contributed by atoms with Crippen molar-refractivity contribution >= 4 is 5.91 Å². The van der Waals surface area contributed by atoms with Gasteiger partial charge < -0.3 is 18.9 Å². The van der Waals surface area contributed by atoms with Crippen LogP contribution in [0.3, 0.4) is 0 Å². The molecule has 0 spiro atoms. The minimum absolute atomic E-state index is 0.0491. The Balaban J connectivity index is 1.27. The van der Waals surface area contributed by atoms with Crippen molar-refractivity contribution in [2.24, 2.45) is 0 Å². The number of aromatic nitrogens is 2. The molecule has 2 saturated heterocycles. The van der Waals surface area contributed by atoms with Gasteiger partial charge in [-0.3, -0.25) is 9.69 Å². The van der Waals surface area contributed by atoms with Crippen molar-refractivity contribution in [3.63, 3.8) is 0 Å². The van der Waals surface area contributed by atoms with Crippen LogP contribution in [0.2, 0.25) is 0 Å². The highest BCUT2D eigenvalue weighted by Gasteiger charge is 2.34. The molecule has 0 saturated carbocycles. The maximum Gasteiger partial charge on any atom is 0.248 e. The van der Waals surface area contributed by atoms with Crippen molar-refractivity contribution < 1.29 is 18.7 Å². The number of aryl methyl sites for hydroxylation is 1. The van der Waals surface area contributed by atoms with Gasteiger partial charge >= 0.3 is 0 Å². The van der Waals surface area contributed by atoms with Crippen LogP contribution in [-0.4, -0.2) is 70.3 Å². The standard InChI is InChI=1S/C22H29FN4O3/c1-2-26-12-9-24-21(26)14-25-10-7-18(8-11-25)27-13-20(30-16-22(27)28)15-29-19-5-3-17(23)4-6-19/h3-6,9,12,18,20H,2,7-8,10-11,13-16H2,1H3/t20-/m0/s1. The van der Waals surface area contributed by atoms with Crippen LogP contribution >= 0.6 is 0 Å². The molecule has 0 N–H and O–H groups in total. The quantitative estimate of drug-likeness (QED) is 0.693. The molecule has 162 valence electrons. The Labute approximate surface area is 176 Å². The van der Waals surface area contributed by atoms with Crippen LogP contribution in [0.25, 0.3) is 0 Å². The number of morpholine rings is 1. The van der Waals surface area contributed by atoms with E-state index in [0.29, 0.717) is 18.9 Å². The van der Waals surface area contributed by atoms with E-state index in [9.17, 15) is 9.18 Å². The maximum atomic E-state index is 13.0. The molecule has 0 bridgehead atoms. The molecule has 7 nitrogen and oxygen atoms in total. The molecule has 2 aliphatic rings. The highest BCUT2D eigenvalue weighted by Crippen LogP contribution is 2.22. The van der Waals surface area contributed by atoms with Gasteiger partial charge in [0.15, 0.2) is 0 Å². The second-order valence-corrected chi connectivity index (χ2v) is 7.88. The number of imidazole rings is 1. The lowest BCUT2D eigenvalue weighted by molar-refractivity contribution is -0.155. The summed E-state index contributed by atoms with van der Waals surface area (Å²) in [5, 5.41) is 0. The van der Waals surface area contributed by atoms with Gasteiger partial charge in [0.25, 0.3) is 0 Å². The van der Waals surface area contributed by atoms with E-state index in [1.54, 1.807) is 12.1 Å². The maximum absolute atomic E-state index is 13.0. The summed E-state index contributed by atoms with van der Waals surface area (Å²) in [6, 6.07) is 6.17. The first-order valence-electron chi connectivity index (χ1n) is 10.6. The average Bonchev–Trinajstić information content (AvgIpc) is 3.22. The van der Waals surface area contributed by atoms with E-state index in [1.807, 2.05) is 17.3 Å². The van der Waals surface area contributed by atoms with Gasteiger partial charge in [0.05, 0.1) is 13.1 Å². The van der Waals surface area contributed by atoms with E-state index in [4.69, 9.17) is 9.47 Å². The van der Waals surface area contributed by atoms with Gasteiger partial charge in [-0.25, -0.2) is 9.37 Å². The van der Waals surface area contributed by atoms with E-state index in [-0.39, 0.29) is 30.5 Å². The van der Waals surface area contributed by atoms with Crippen molar-refractivity contribution in [3.05, 3.63) is 48.3 Å². The van der Waals surface area contributed by atoms with Gasteiger partial charge in [0.1, 0.15) is 36.7 Å². The summed E-state index contributed by atoms with van der Waals surface area (Å²) in [7, 11) is 0. The first-order chi connectivity index (χ1) is 14.6. The number of hydrogen-bond acceptors (Lipinski definition) is 5. The third kappa shape index (κ3) is 4.99. The lowest BCUT2D eigenvalue weighted by atomic mass is 10.0. The number of ether oxygens (including phenoxy) is 2. The average molecular weight is 416 g/mol. The third-order valence-corrected chi connectivity index (χ3v) is 5.92. The molecule has 0 aliphatic carbocycles. The van der Waals surface area contributed by atoms with Crippen molar-refractivity contribution in [2.75, 3.05) is 32.8 Å². The Morgan fingerprint density at radius 1 is 1.23 bits per heavy atom. The zero-order valence-corrected chi connectivity index (χ0v) is 17.4. The topological polar surface area (TPSA) is 59.8 Å². The monoisotopic (exact) mass is 416 g/mol. The Bertz CT molecular complexity index is 833. The molecule has 1 atom stereocenters. The van der Waals surface area contributed by atoms with Crippen LogP contribution in [0.1, 0.15) is 25.6 Å². The molecule has 1 amide bonds. The Hall–Kier alpha value is -2.45. The zero-order valence-electron chi connectivity index (χ0n) is 17.4. The molecule has 1 aromatic heterocycles. The number of rotatable bonds is 7. The summed E-state index contributed by atoms with van der Waals surface area (Å²) in [5.41, 5.74) is 0. The summed E-state index contributed by atoms with van der Waals surface area (Å²) in [6.07, 6.45) is 5.59. The lowest BCUT2D eigenvalue weighted by Gasteiger charge is -2.42. The summed E-state index contributed by atoms with van der Waals surface area (Å²) in [4.78, 5) is 21.3. The SMILES string of the molecule is CCn1ccnc1CN1CCC(N2C[C@@H](COc3ccc(F)cc3)OCC2=O)CC1. The Morgan fingerprint density at radius 3 is 2.73 bits per heavy atom. The first kappa shape index (κ1) is 20.8. The molecule has 30 heavy (non-hydrogen) atoms. The van der Waals surface area contributed by atoms with E-state index in [0.717, 1.165) is 44.8 Å². The Kier molecular flexibility index (Phi) is 6.64. The molecule has 0 radical (unpaired) electrons. The smallest absolute Gasteiger partial charge is 0.248 e. The van der Waals surface area contributed by atoms with Gasteiger partial charge in [-0.15, -0.1) is 0 Å². The van der Waals surface area contributed by atoms with Crippen LogP contribution in [0.5, 0.6) is 5.75 Å². The van der Waals surface area contributed by atoms with E-state index < -0.39 is 0 Å². The minimum Gasteiger partial charge on any atom is -0.491 e. The molecule has 2 aromatic rings. The van der Waals surface area contributed by atoms with Gasteiger partial charge in [-0.05, 0) is 44.0 Å². The molecule has 0 unspecified atom stereocenters. The summed E-state index contributed by atoms with van der Waals surface area (Å²) in [5.74, 6) is 1.45. The van der Waals surface area contributed by atoms with E-state index in [2.05, 4.69) is 21.4 Å². The minimum atomic E-state index is -0.293. The fraction of sp³-hybridized carbons (Fsp3) is 0.545. The molecule has 8 heteroatoms. The van der Waals surface area contributed by atoms with Gasteiger partial charge in [0.2, 0.25) is 5.91 Å². The number of piperidine rings is 1. The highest BCUT2D eigenvalue weighted by molar-refractivity contribution is 5.78. The predicted octanol–water partition coefficient (Wildman–Crippen LogP) is 2.31. The fourth-order valence-corrected chi connectivity index (χ4v) is 4.19. The third-order valence-electron chi connectivity index (χ3n) is 5.92. The van der Waals surface area contributed by atoms with Gasteiger partial charge in [-0.2, -0.15) is 0 Å². The van der Waals surface area contributed by atoms with E-state index >= 15 is 0 Å². The molecule has 2 fully saturated rings.